The lowest BCUT2D eigenvalue weighted by Crippen LogP contribution is -2.54. The van der Waals surface area contributed by atoms with Crippen LogP contribution in [0.3, 0.4) is 0 Å². The molecule has 0 saturated carbocycles. The van der Waals surface area contributed by atoms with Gasteiger partial charge < -0.3 is 5.73 Å². The fourth-order valence-corrected chi connectivity index (χ4v) is 1.33. The standard InChI is InChI=1S/C9H22N2/c1-6-11(7-2)9(4,5)8(3)10/h8H,6-7,10H2,1-5H3. The lowest BCUT2D eigenvalue weighted by Gasteiger charge is -2.40. The minimum Gasteiger partial charge on any atom is -0.326 e. The van der Waals surface area contributed by atoms with Gasteiger partial charge in [0.2, 0.25) is 0 Å². The Kier molecular flexibility index (Phi) is 4.04. The summed E-state index contributed by atoms with van der Waals surface area (Å²) < 4.78 is 0. The molecule has 0 aliphatic rings. The van der Waals surface area contributed by atoms with Crippen molar-refractivity contribution in [2.75, 3.05) is 13.1 Å². The van der Waals surface area contributed by atoms with E-state index in [9.17, 15) is 0 Å². The van der Waals surface area contributed by atoms with Crippen LogP contribution < -0.4 is 5.73 Å². The van der Waals surface area contributed by atoms with E-state index in [4.69, 9.17) is 5.73 Å². The summed E-state index contributed by atoms with van der Waals surface area (Å²) >= 11 is 0. The Morgan fingerprint density at radius 3 is 1.73 bits per heavy atom. The Labute approximate surface area is 70.8 Å². The molecular formula is C9H22N2. The smallest absolute Gasteiger partial charge is 0.0301 e. The largest absolute Gasteiger partial charge is 0.326 e. The summed E-state index contributed by atoms with van der Waals surface area (Å²) in [4.78, 5) is 2.39. The maximum Gasteiger partial charge on any atom is 0.0301 e. The zero-order valence-corrected chi connectivity index (χ0v) is 8.52. The van der Waals surface area contributed by atoms with Gasteiger partial charge in [0.05, 0.1) is 0 Å². The second-order valence-electron chi connectivity index (χ2n) is 3.61. The topological polar surface area (TPSA) is 29.3 Å². The van der Waals surface area contributed by atoms with Gasteiger partial charge in [0, 0.05) is 11.6 Å². The molecule has 0 fully saturated rings. The Balaban J connectivity index is 4.24. The van der Waals surface area contributed by atoms with E-state index in [0.717, 1.165) is 13.1 Å². The first-order valence-corrected chi connectivity index (χ1v) is 4.47. The summed E-state index contributed by atoms with van der Waals surface area (Å²) in [7, 11) is 0. The number of likely N-dealkylation sites (N-methyl/N-ethyl adjacent to an activating group) is 1. The molecule has 2 nitrogen and oxygen atoms in total. The quantitative estimate of drug-likeness (QED) is 0.671. The van der Waals surface area contributed by atoms with Gasteiger partial charge in [-0.05, 0) is 33.9 Å². The molecule has 2 heteroatoms. The fraction of sp³-hybridized carbons (Fsp3) is 1.00. The van der Waals surface area contributed by atoms with Crippen LogP contribution in [0.5, 0.6) is 0 Å². The molecule has 0 aromatic rings. The molecule has 0 heterocycles. The van der Waals surface area contributed by atoms with Crippen LogP contribution >= 0.6 is 0 Å². The highest BCUT2D eigenvalue weighted by molar-refractivity contribution is 4.87. The van der Waals surface area contributed by atoms with Gasteiger partial charge >= 0.3 is 0 Å². The van der Waals surface area contributed by atoms with E-state index in [1.807, 2.05) is 0 Å². The second-order valence-corrected chi connectivity index (χ2v) is 3.61. The number of hydrogen-bond donors (Lipinski definition) is 1. The van der Waals surface area contributed by atoms with Crippen LogP contribution in [0.4, 0.5) is 0 Å². The third kappa shape index (κ3) is 2.46. The Morgan fingerprint density at radius 2 is 1.64 bits per heavy atom. The molecular weight excluding hydrogens is 136 g/mol. The van der Waals surface area contributed by atoms with Gasteiger partial charge in [-0.3, -0.25) is 4.90 Å². The summed E-state index contributed by atoms with van der Waals surface area (Å²) in [5.41, 5.74) is 6.01. The van der Waals surface area contributed by atoms with Crippen LogP contribution in [-0.4, -0.2) is 29.6 Å². The van der Waals surface area contributed by atoms with E-state index in [1.54, 1.807) is 0 Å². The van der Waals surface area contributed by atoms with Crippen molar-refractivity contribution >= 4 is 0 Å². The molecule has 0 spiro atoms. The molecule has 2 N–H and O–H groups in total. The van der Waals surface area contributed by atoms with Gasteiger partial charge in [0.25, 0.3) is 0 Å². The van der Waals surface area contributed by atoms with Crippen molar-refractivity contribution in [3.05, 3.63) is 0 Å². The zero-order valence-electron chi connectivity index (χ0n) is 8.52. The molecule has 0 aromatic carbocycles. The fourth-order valence-electron chi connectivity index (χ4n) is 1.33. The average molecular weight is 158 g/mol. The number of nitrogens with zero attached hydrogens (tertiary/aromatic N) is 1. The minimum atomic E-state index is 0.128. The Morgan fingerprint density at radius 1 is 1.27 bits per heavy atom. The first-order valence-electron chi connectivity index (χ1n) is 4.47. The van der Waals surface area contributed by atoms with Gasteiger partial charge in [-0.1, -0.05) is 13.8 Å². The highest BCUT2D eigenvalue weighted by Crippen LogP contribution is 2.16. The molecule has 0 amide bonds. The molecule has 68 valence electrons. The van der Waals surface area contributed by atoms with Gasteiger partial charge in [-0.2, -0.15) is 0 Å². The molecule has 0 saturated heterocycles. The molecule has 11 heavy (non-hydrogen) atoms. The normalized spacial score (nSPS) is 15.5. The number of nitrogens with two attached hydrogens (primary N) is 1. The van der Waals surface area contributed by atoms with Crippen molar-refractivity contribution in [1.82, 2.24) is 4.90 Å². The monoisotopic (exact) mass is 158 g/mol. The Hall–Kier alpha value is -0.0800. The van der Waals surface area contributed by atoms with E-state index in [1.165, 1.54) is 0 Å². The zero-order chi connectivity index (χ0) is 9.07. The summed E-state index contributed by atoms with van der Waals surface area (Å²) in [6, 6.07) is 0.224. The third-order valence-electron chi connectivity index (χ3n) is 2.69. The summed E-state index contributed by atoms with van der Waals surface area (Å²) in [5.74, 6) is 0. The third-order valence-corrected chi connectivity index (χ3v) is 2.69. The van der Waals surface area contributed by atoms with E-state index in [-0.39, 0.29) is 11.6 Å². The van der Waals surface area contributed by atoms with Crippen molar-refractivity contribution in [3.63, 3.8) is 0 Å². The highest BCUT2D eigenvalue weighted by Gasteiger charge is 2.27. The molecule has 1 unspecified atom stereocenters. The first kappa shape index (κ1) is 10.9. The van der Waals surface area contributed by atoms with Gasteiger partial charge in [0.1, 0.15) is 0 Å². The van der Waals surface area contributed by atoms with E-state index >= 15 is 0 Å². The molecule has 0 rings (SSSR count). The van der Waals surface area contributed by atoms with Crippen LogP contribution in [-0.2, 0) is 0 Å². The van der Waals surface area contributed by atoms with Crippen LogP contribution in [0, 0.1) is 0 Å². The van der Waals surface area contributed by atoms with Crippen LogP contribution in [0.25, 0.3) is 0 Å². The first-order chi connectivity index (χ1) is 4.96. The van der Waals surface area contributed by atoms with Gasteiger partial charge in [-0.15, -0.1) is 0 Å². The predicted molar refractivity (Wildman–Crippen MR) is 50.6 cm³/mol. The summed E-state index contributed by atoms with van der Waals surface area (Å²) in [6.45, 7) is 13.0. The molecule has 0 radical (unpaired) electrons. The van der Waals surface area contributed by atoms with Gasteiger partial charge in [0.15, 0.2) is 0 Å². The lowest BCUT2D eigenvalue weighted by molar-refractivity contribution is 0.113. The second kappa shape index (κ2) is 4.07. The average Bonchev–Trinajstić information content (AvgIpc) is 1.89. The lowest BCUT2D eigenvalue weighted by atomic mass is 9.94. The number of rotatable bonds is 4. The van der Waals surface area contributed by atoms with Crippen molar-refractivity contribution in [1.29, 1.82) is 0 Å². The summed E-state index contributed by atoms with van der Waals surface area (Å²) in [5, 5.41) is 0. The van der Waals surface area contributed by atoms with Crippen molar-refractivity contribution in [2.45, 2.75) is 46.2 Å². The SMILES string of the molecule is CCN(CC)C(C)(C)C(C)N. The van der Waals surface area contributed by atoms with Crippen molar-refractivity contribution < 1.29 is 0 Å². The van der Waals surface area contributed by atoms with Crippen molar-refractivity contribution in [2.24, 2.45) is 5.73 Å². The Bertz CT molecular complexity index is 104. The predicted octanol–water partition coefficient (Wildman–Crippen LogP) is 1.45. The van der Waals surface area contributed by atoms with Crippen molar-refractivity contribution in [3.8, 4) is 0 Å². The van der Waals surface area contributed by atoms with Gasteiger partial charge in [-0.25, -0.2) is 0 Å². The van der Waals surface area contributed by atoms with Crippen LogP contribution in [0.15, 0.2) is 0 Å². The van der Waals surface area contributed by atoms with E-state index in [0.29, 0.717) is 0 Å². The minimum absolute atomic E-state index is 0.128. The molecule has 0 aliphatic heterocycles. The maximum absolute atomic E-state index is 5.88. The molecule has 0 aliphatic carbocycles. The maximum atomic E-state index is 5.88. The van der Waals surface area contributed by atoms with Crippen LogP contribution in [0.1, 0.15) is 34.6 Å². The van der Waals surface area contributed by atoms with E-state index < -0.39 is 0 Å². The van der Waals surface area contributed by atoms with E-state index in [2.05, 4.69) is 39.5 Å². The molecule has 1 atom stereocenters. The highest BCUT2D eigenvalue weighted by atomic mass is 15.2. The molecule has 0 aromatic heterocycles. The number of hydrogen-bond acceptors (Lipinski definition) is 2. The molecule has 0 bridgehead atoms. The summed E-state index contributed by atoms with van der Waals surface area (Å²) in [6.07, 6.45) is 0. The van der Waals surface area contributed by atoms with Crippen LogP contribution in [0.2, 0.25) is 0 Å².